The van der Waals surface area contributed by atoms with Crippen LogP contribution in [-0.2, 0) is 0 Å². The van der Waals surface area contributed by atoms with Gasteiger partial charge in [-0.2, -0.15) is 0 Å². The zero-order chi connectivity index (χ0) is 20.8. The molecule has 0 bridgehead atoms. The Hall–Kier alpha value is -2.61. The molecule has 2 nitrogen and oxygen atoms in total. The monoisotopic (exact) mass is 355 g/mol. The predicted octanol–water partition coefficient (Wildman–Crippen LogP) is 8.21. The molecule has 0 saturated carbocycles. The van der Waals surface area contributed by atoms with Gasteiger partial charge in [0.1, 0.15) is 0 Å². The molecule has 0 spiro atoms. The van der Waals surface area contributed by atoms with Crippen LogP contribution in [0.1, 0.15) is 60.1 Å². The van der Waals surface area contributed by atoms with Crippen LogP contribution < -0.4 is 0 Å². The van der Waals surface area contributed by atoms with Gasteiger partial charge in [-0.1, -0.05) is 89.5 Å². The Kier molecular flexibility index (Phi) is 24.3. The molecule has 0 amide bonds. The summed E-state index contributed by atoms with van der Waals surface area (Å²) >= 11 is 0. The second-order valence-electron chi connectivity index (χ2n) is 4.13. The lowest BCUT2D eigenvalue weighted by Crippen LogP contribution is -1.78. The second kappa shape index (κ2) is 22.4. The van der Waals surface area contributed by atoms with Gasteiger partial charge in [-0.05, 0) is 26.8 Å². The van der Waals surface area contributed by atoms with Crippen LogP contribution in [0.15, 0.2) is 85.0 Å². The minimum absolute atomic E-state index is 0.564. The maximum Gasteiger partial charge on any atom is 0.226 e. The Morgan fingerprint density at radius 1 is 0.962 bits per heavy atom. The fourth-order valence-electron chi connectivity index (χ4n) is 1.46. The van der Waals surface area contributed by atoms with Gasteiger partial charge in [-0.25, -0.2) is 4.98 Å². The zero-order valence-electron chi connectivity index (χ0n) is 17.8. The molecule has 1 aromatic heterocycles. The molecule has 0 fully saturated rings. The van der Waals surface area contributed by atoms with Crippen molar-refractivity contribution < 1.29 is 4.42 Å². The van der Waals surface area contributed by atoms with Crippen LogP contribution >= 0.6 is 0 Å². The smallest absolute Gasteiger partial charge is 0.226 e. The van der Waals surface area contributed by atoms with Gasteiger partial charge in [-0.15, -0.1) is 6.58 Å². The predicted molar refractivity (Wildman–Crippen MR) is 121 cm³/mol. The van der Waals surface area contributed by atoms with Gasteiger partial charge in [0, 0.05) is 11.1 Å². The van der Waals surface area contributed by atoms with Crippen molar-refractivity contribution in [1.29, 1.82) is 0 Å². The number of rotatable bonds is 6. The number of nitrogens with zero attached hydrogens (tertiary/aromatic N) is 1. The molecule has 1 heterocycles. The molecule has 0 aliphatic heterocycles. The van der Waals surface area contributed by atoms with Gasteiger partial charge in [0.2, 0.25) is 5.89 Å². The number of aromatic nitrogens is 1. The maximum absolute atomic E-state index is 5.75. The molecule has 0 aliphatic rings. The number of oxazole rings is 1. The van der Waals surface area contributed by atoms with E-state index < -0.39 is 0 Å². The van der Waals surface area contributed by atoms with Crippen LogP contribution in [0.3, 0.4) is 0 Å². The van der Waals surface area contributed by atoms with E-state index in [1.807, 2.05) is 84.9 Å². The van der Waals surface area contributed by atoms with Gasteiger partial charge in [-0.3, -0.25) is 0 Å². The lowest BCUT2D eigenvalue weighted by molar-refractivity contribution is 0.531. The highest BCUT2D eigenvalue weighted by Gasteiger charge is 2.08. The lowest BCUT2D eigenvalue weighted by atomic mass is 10.2. The van der Waals surface area contributed by atoms with Crippen molar-refractivity contribution in [3.63, 3.8) is 0 Å². The Morgan fingerprint density at radius 3 is 1.96 bits per heavy atom. The highest BCUT2D eigenvalue weighted by Crippen LogP contribution is 2.22. The molecule has 1 aromatic rings. The second-order valence-corrected chi connectivity index (χ2v) is 4.13. The Balaban J connectivity index is -0.000000663. The Labute approximate surface area is 161 Å². The van der Waals surface area contributed by atoms with Crippen LogP contribution in [-0.4, -0.2) is 4.98 Å². The summed E-state index contributed by atoms with van der Waals surface area (Å²) < 4.78 is 5.75. The van der Waals surface area contributed by atoms with E-state index in [0.717, 1.165) is 16.9 Å². The first-order chi connectivity index (χ1) is 12.7. The molecule has 0 N–H and O–H groups in total. The molecule has 2 heteroatoms. The van der Waals surface area contributed by atoms with Gasteiger partial charge < -0.3 is 4.42 Å². The van der Waals surface area contributed by atoms with E-state index in [-0.39, 0.29) is 0 Å². The fourth-order valence-corrected chi connectivity index (χ4v) is 1.46. The molecule has 0 atom stereocenters. The third-order valence-electron chi connectivity index (χ3n) is 2.45. The minimum atomic E-state index is 0.564. The molecule has 0 aliphatic carbocycles. The van der Waals surface area contributed by atoms with Crippen molar-refractivity contribution in [3.05, 3.63) is 92.3 Å². The summed E-state index contributed by atoms with van der Waals surface area (Å²) in [6.45, 7) is 24.6. The summed E-state index contributed by atoms with van der Waals surface area (Å²) in [6.07, 6.45) is 18.5. The van der Waals surface area contributed by atoms with E-state index in [1.54, 1.807) is 24.4 Å². The van der Waals surface area contributed by atoms with Gasteiger partial charge in [0.25, 0.3) is 0 Å². The number of allylic oxidation sites excluding steroid dienone is 11. The molecule has 0 radical (unpaired) electrons. The number of hydrogen-bond acceptors (Lipinski definition) is 2. The largest absolute Gasteiger partial charge is 0.436 e. The van der Waals surface area contributed by atoms with Gasteiger partial charge >= 0.3 is 0 Å². The average Bonchev–Trinajstić information content (AvgIpc) is 3.17. The van der Waals surface area contributed by atoms with Crippen LogP contribution in [0.2, 0.25) is 0 Å². The topological polar surface area (TPSA) is 26.0 Å². The number of hydrogen-bond donors (Lipinski definition) is 0. The molecular weight excluding hydrogens is 318 g/mol. The van der Waals surface area contributed by atoms with Crippen LogP contribution in [0, 0.1) is 0 Å². The summed E-state index contributed by atoms with van der Waals surface area (Å²) in [5.41, 5.74) is 1.82. The van der Waals surface area contributed by atoms with Crippen LogP contribution in [0.25, 0.3) is 11.1 Å². The standard InChI is InChI=1S/C17H19NO.C3H6.2C2H6/c1-5-9-11-14(7-3)16-13-18-17(19-16)15(8-4)12-10-6-2;1-3-2;2*1-2/h5-13H,1,4H2,2-3H3;3H,1H2,2H3;2*1-2H3/b10-6-,11-9-,14-7+,15-12+;;;. The van der Waals surface area contributed by atoms with E-state index in [2.05, 4.69) is 24.7 Å². The molecule has 144 valence electrons. The van der Waals surface area contributed by atoms with Crippen molar-refractivity contribution in [1.82, 2.24) is 4.98 Å². The summed E-state index contributed by atoms with van der Waals surface area (Å²) in [7, 11) is 0. The average molecular weight is 356 g/mol. The highest BCUT2D eigenvalue weighted by molar-refractivity contribution is 5.73. The minimum Gasteiger partial charge on any atom is -0.436 e. The van der Waals surface area contributed by atoms with E-state index in [0.29, 0.717) is 5.89 Å². The van der Waals surface area contributed by atoms with Crippen molar-refractivity contribution in [2.75, 3.05) is 0 Å². The Bertz CT molecular complexity index is 595. The van der Waals surface area contributed by atoms with Crippen molar-refractivity contribution in [3.8, 4) is 0 Å². The SMILES string of the molecule is C=C/C=C\C(=C/C)c1cnc(/C(C=C)=C/C=C\C)o1.C=CC.CC.CC. The summed E-state index contributed by atoms with van der Waals surface area (Å²) in [5, 5.41) is 0. The lowest BCUT2D eigenvalue weighted by Gasteiger charge is -1.96. The Morgan fingerprint density at radius 2 is 1.54 bits per heavy atom. The van der Waals surface area contributed by atoms with Crippen LogP contribution in [0.4, 0.5) is 0 Å². The molecular formula is C24H37NO. The third-order valence-corrected chi connectivity index (χ3v) is 2.45. The molecule has 0 unspecified atom stereocenters. The molecule has 0 saturated heterocycles. The van der Waals surface area contributed by atoms with Crippen LogP contribution in [0.5, 0.6) is 0 Å². The third kappa shape index (κ3) is 12.8. The summed E-state index contributed by atoms with van der Waals surface area (Å²) in [6, 6.07) is 0. The first-order valence-corrected chi connectivity index (χ1v) is 9.12. The van der Waals surface area contributed by atoms with Gasteiger partial charge in [0.15, 0.2) is 5.76 Å². The van der Waals surface area contributed by atoms with Crippen molar-refractivity contribution >= 4 is 11.1 Å². The zero-order valence-corrected chi connectivity index (χ0v) is 17.8. The van der Waals surface area contributed by atoms with E-state index >= 15 is 0 Å². The van der Waals surface area contributed by atoms with Crippen molar-refractivity contribution in [2.24, 2.45) is 0 Å². The summed E-state index contributed by atoms with van der Waals surface area (Å²) in [5.74, 6) is 1.29. The maximum atomic E-state index is 5.75. The molecule has 26 heavy (non-hydrogen) atoms. The van der Waals surface area contributed by atoms with E-state index in [4.69, 9.17) is 4.42 Å². The van der Waals surface area contributed by atoms with E-state index in [9.17, 15) is 0 Å². The highest BCUT2D eigenvalue weighted by atomic mass is 16.4. The fraction of sp³-hybridized carbons (Fsp3) is 0.292. The first-order valence-electron chi connectivity index (χ1n) is 9.12. The molecule has 0 aromatic carbocycles. The van der Waals surface area contributed by atoms with Crippen molar-refractivity contribution in [2.45, 2.75) is 48.5 Å². The summed E-state index contributed by atoms with van der Waals surface area (Å²) in [4.78, 5) is 4.28. The van der Waals surface area contributed by atoms with Gasteiger partial charge in [0.05, 0.1) is 6.20 Å². The normalized spacial score (nSPS) is 10.7. The first kappa shape index (κ1) is 28.2. The quantitative estimate of drug-likeness (QED) is 0.379. The van der Waals surface area contributed by atoms with E-state index in [1.165, 1.54) is 0 Å². The molecule has 1 rings (SSSR count).